The molecule has 1 aromatic heterocycles. The number of β-lactam (4-membered cyclic amide) rings is 1. The average Bonchev–Trinajstić information content (AvgIpc) is 3.70. The van der Waals surface area contributed by atoms with Crippen LogP contribution in [0.3, 0.4) is 0 Å². The third-order valence-corrected chi connectivity index (χ3v) is 11.0. The van der Waals surface area contributed by atoms with Gasteiger partial charge in [-0.3, -0.25) is 24.0 Å². The number of hydrogen-bond acceptors (Lipinski definition) is 10. The van der Waals surface area contributed by atoms with E-state index in [1.165, 1.54) is 58.8 Å². The Labute approximate surface area is 291 Å². The number of H-pyrrole nitrogens is 1. The molecule has 15 heteroatoms. The number of fused-ring (bicyclic) bond motifs is 1. The Hall–Kier alpha value is -4.99. The van der Waals surface area contributed by atoms with E-state index in [0.717, 1.165) is 11.3 Å². The van der Waals surface area contributed by atoms with Crippen molar-refractivity contribution in [1.82, 2.24) is 20.1 Å². The third-order valence-electron chi connectivity index (χ3n) is 9.45. The Bertz CT molecular complexity index is 1910. The largest absolute Gasteiger partial charge is 0.508 e. The third kappa shape index (κ3) is 6.27. The fourth-order valence-electron chi connectivity index (χ4n) is 6.88. The minimum Gasteiger partial charge on any atom is -0.508 e. The zero-order valence-corrected chi connectivity index (χ0v) is 28.5. The van der Waals surface area contributed by atoms with E-state index in [2.05, 4.69) is 10.3 Å². The molecule has 0 aliphatic carbocycles. The number of aliphatic carboxylic acids is 1. The number of aromatic nitrogens is 1. The fraction of sp³-hybridized carbons (Fsp3) is 0.371. The van der Waals surface area contributed by atoms with Gasteiger partial charge in [-0.1, -0.05) is 24.3 Å². The number of thioether (sulfide) groups is 1. The number of benzene rings is 2. The number of carbonyl (C=O) groups excluding carboxylic acids is 4. The maximum absolute atomic E-state index is 14.0. The van der Waals surface area contributed by atoms with Crippen molar-refractivity contribution >= 4 is 47.0 Å². The SMILES string of the molecule is CC(=O)N(C(=O)[C@@H]1CCCN1)c1ccc(-c2ccc(CN(C(=O)C(N)c3ccc(O)cc3)[C@@H]3C(=O)N4[C@@H]3SC(C)(C)[C@@H]4C(=O)O)c(=O)[nH]2)cc1. The van der Waals surface area contributed by atoms with Crippen LogP contribution < -0.4 is 21.5 Å². The Morgan fingerprint density at radius 3 is 2.30 bits per heavy atom. The molecule has 5 atom stereocenters. The number of carbonyl (C=O) groups is 5. The smallest absolute Gasteiger partial charge is 0.327 e. The molecular formula is C35H38N6O8S. The van der Waals surface area contributed by atoms with Gasteiger partial charge in [0.05, 0.1) is 18.3 Å². The van der Waals surface area contributed by atoms with Crippen LogP contribution in [-0.2, 0) is 30.5 Å². The summed E-state index contributed by atoms with van der Waals surface area (Å²) in [6.45, 7) is 5.20. The number of amides is 4. The summed E-state index contributed by atoms with van der Waals surface area (Å²) in [6.07, 6.45) is 1.49. The monoisotopic (exact) mass is 702 g/mol. The van der Waals surface area contributed by atoms with Gasteiger partial charge in [-0.2, -0.15) is 0 Å². The molecule has 1 unspecified atom stereocenters. The van der Waals surface area contributed by atoms with Crippen LogP contribution in [0.2, 0.25) is 0 Å². The Kier molecular flexibility index (Phi) is 9.33. The predicted octanol–water partition coefficient (Wildman–Crippen LogP) is 1.92. The number of anilines is 1. The summed E-state index contributed by atoms with van der Waals surface area (Å²) in [5.74, 6) is -3.11. The highest BCUT2D eigenvalue weighted by molar-refractivity contribution is 8.01. The van der Waals surface area contributed by atoms with Crippen LogP contribution in [0.15, 0.2) is 65.5 Å². The zero-order valence-electron chi connectivity index (χ0n) is 27.7. The highest BCUT2D eigenvalue weighted by atomic mass is 32.2. The first-order valence-corrected chi connectivity index (χ1v) is 17.1. The summed E-state index contributed by atoms with van der Waals surface area (Å²) in [4.78, 5) is 85.1. The lowest BCUT2D eigenvalue weighted by molar-refractivity contribution is -0.169. The van der Waals surface area contributed by atoms with Crippen LogP contribution in [0.4, 0.5) is 5.69 Å². The molecule has 0 bridgehead atoms. The zero-order chi connectivity index (χ0) is 36.1. The maximum atomic E-state index is 14.0. The molecule has 3 saturated heterocycles. The number of phenolic OH excluding ortho intramolecular Hbond substituents is 1. The second-order valence-electron chi connectivity index (χ2n) is 13.2. The molecule has 6 rings (SSSR count). The summed E-state index contributed by atoms with van der Waals surface area (Å²) in [5, 5.41) is 22.1. The van der Waals surface area contributed by atoms with Crippen LogP contribution in [0.25, 0.3) is 11.3 Å². The van der Waals surface area contributed by atoms with E-state index in [9.17, 15) is 39.0 Å². The number of nitrogens with one attached hydrogen (secondary N) is 2. The summed E-state index contributed by atoms with van der Waals surface area (Å²) >= 11 is 1.27. The first-order valence-electron chi connectivity index (χ1n) is 16.2. The number of aromatic amines is 1. The quantitative estimate of drug-likeness (QED) is 0.204. The van der Waals surface area contributed by atoms with Gasteiger partial charge in [0.15, 0.2) is 0 Å². The molecule has 3 aliphatic heterocycles. The van der Waals surface area contributed by atoms with Gasteiger partial charge in [0.25, 0.3) is 11.5 Å². The van der Waals surface area contributed by atoms with Gasteiger partial charge in [-0.15, -0.1) is 11.8 Å². The van der Waals surface area contributed by atoms with Gasteiger partial charge >= 0.3 is 5.97 Å². The number of nitrogens with zero attached hydrogens (tertiary/aromatic N) is 3. The van der Waals surface area contributed by atoms with Crippen LogP contribution >= 0.6 is 11.8 Å². The Balaban J connectivity index is 1.27. The molecular weight excluding hydrogens is 664 g/mol. The first-order chi connectivity index (χ1) is 23.7. The number of pyridine rings is 1. The van der Waals surface area contributed by atoms with Crippen molar-refractivity contribution in [1.29, 1.82) is 0 Å². The van der Waals surface area contributed by atoms with Crippen LogP contribution in [0.5, 0.6) is 5.75 Å². The van der Waals surface area contributed by atoms with Gasteiger partial charge in [0, 0.05) is 22.9 Å². The number of nitrogens with two attached hydrogens (primary N) is 1. The minimum atomic E-state index is -1.24. The summed E-state index contributed by atoms with van der Waals surface area (Å²) in [7, 11) is 0. The normalized spacial score (nSPS) is 22.7. The van der Waals surface area contributed by atoms with Gasteiger partial charge in [-0.05, 0) is 80.8 Å². The molecule has 3 aliphatic rings. The topological polar surface area (TPSA) is 206 Å². The van der Waals surface area contributed by atoms with E-state index < -0.39 is 63.5 Å². The van der Waals surface area contributed by atoms with E-state index in [4.69, 9.17) is 5.73 Å². The van der Waals surface area contributed by atoms with Crippen molar-refractivity contribution in [3.05, 3.63) is 82.1 Å². The number of phenols is 1. The highest BCUT2D eigenvalue weighted by Gasteiger charge is 2.66. The number of carboxylic acids is 1. The molecule has 50 heavy (non-hydrogen) atoms. The molecule has 3 fully saturated rings. The van der Waals surface area contributed by atoms with E-state index >= 15 is 0 Å². The molecule has 2 aromatic carbocycles. The number of carboxylic acid groups (broad SMARTS) is 1. The lowest BCUT2D eigenvalue weighted by Crippen LogP contribution is -2.71. The minimum absolute atomic E-state index is 0.0216. The Morgan fingerprint density at radius 2 is 1.72 bits per heavy atom. The van der Waals surface area contributed by atoms with Crippen LogP contribution in [0.1, 0.15) is 50.8 Å². The molecule has 14 nitrogen and oxygen atoms in total. The lowest BCUT2D eigenvalue weighted by atomic mass is 9.94. The van der Waals surface area contributed by atoms with Crippen LogP contribution in [-0.4, -0.2) is 89.4 Å². The van der Waals surface area contributed by atoms with Crippen molar-refractivity contribution in [3.8, 4) is 17.0 Å². The summed E-state index contributed by atoms with van der Waals surface area (Å²) in [6, 6.07) is 11.7. The molecule has 4 amide bonds. The van der Waals surface area contributed by atoms with E-state index in [-0.39, 0.29) is 23.8 Å². The molecule has 0 radical (unpaired) electrons. The van der Waals surface area contributed by atoms with Gasteiger partial charge in [0.1, 0.15) is 29.2 Å². The number of hydrogen-bond donors (Lipinski definition) is 5. The molecule has 0 spiro atoms. The number of imide groups is 1. The summed E-state index contributed by atoms with van der Waals surface area (Å²) < 4.78 is -0.842. The number of aromatic hydroxyl groups is 1. The molecule has 6 N–H and O–H groups in total. The van der Waals surface area contributed by atoms with E-state index in [1.54, 1.807) is 44.2 Å². The summed E-state index contributed by atoms with van der Waals surface area (Å²) in [5.41, 5.74) is 7.83. The average molecular weight is 703 g/mol. The van der Waals surface area contributed by atoms with E-state index in [1.807, 2.05) is 0 Å². The standard InChI is InChI=1S/C35H38N6O8S/c1-18(42)40(30(45)25-5-4-16-37-25)22-11-6-19(7-12-22)24-15-10-21(29(44)38-24)17-39(31(46)26(36)20-8-13-23(43)14-9-20)27-32(47)41-28(34(48)49)35(2,3)50-33(27)41/h6-15,25-28,33,37,43H,4-5,16-17,36H2,1-3H3,(H,38,44)(H,48,49)/t25-,26?,27+,28-,33+/m0/s1. The predicted molar refractivity (Wildman–Crippen MR) is 185 cm³/mol. The lowest BCUT2D eigenvalue weighted by Gasteiger charge is -2.48. The van der Waals surface area contributed by atoms with Crippen LogP contribution in [0, 0.1) is 0 Å². The fourth-order valence-corrected chi connectivity index (χ4v) is 8.58. The van der Waals surface area contributed by atoms with Gasteiger partial charge in [0.2, 0.25) is 17.7 Å². The van der Waals surface area contributed by atoms with Crippen molar-refractivity contribution in [3.63, 3.8) is 0 Å². The Morgan fingerprint density at radius 1 is 1.04 bits per heavy atom. The van der Waals surface area contributed by atoms with Crippen molar-refractivity contribution < 1.29 is 34.2 Å². The second kappa shape index (κ2) is 13.4. The van der Waals surface area contributed by atoms with Crippen molar-refractivity contribution in [2.24, 2.45) is 5.73 Å². The number of rotatable bonds is 9. The van der Waals surface area contributed by atoms with Gasteiger partial charge < -0.3 is 36.0 Å². The first kappa shape index (κ1) is 34.9. The molecule has 4 heterocycles. The van der Waals surface area contributed by atoms with Gasteiger partial charge in [-0.25, -0.2) is 9.69 Å². The molecule has 3 aromatic rings. The van der Waals surface area contributed by atoms with Crippen molar-refractivity contribution in [2.75, 3.05) is 11.4 Å². The second-order valence-corrected chi connectivity index (χ2v) is 15.0. The maximum Gasteiger partial charge on any atom is 0.327 e. The van der Waals surface area contributed by atoms with E-state index in [0.29, 0.717) is 35.5 Å². The van der Waals surface area contributed by atoms with Crippen molar-refractivity contribution in [2.45, 2.75) is 74.4 Å². The molecule has 0 saturated carbocycles. The molecule has 262 valence electrons. The highest BCUT2D eigenvalue weighted by Crippen LogP contribution is 2.52.